The molecule has 0 saturated carbocycles. The molecule has 0 spiro atoms. The van der Waals surface area contributed by atoms with Gasteiger partial charge >= 0.3 is 5.97 Å². The first-order chi connectivity index (χ1) is 10.6. The van der Waals surface area contributed by atoms with E-state index in [9.17, 15) is 9.59 Å². The first-order valence-corrected chi connectivity index (χ1v) is 7.83. The van der Waals surface area contributed by atoms with Crippen molar-refractivity contribution in [1.29, 1.82) is 0 Å². The molecule has 0 saturated heterocycles. The van der Waals surface area contributed by atoms with Gasteiger partial charge in [-0.15, -0.1) is 11.8 Å². The van der Waals surface area contributed by atoms with E-state index in [0.717, 1.165) is 5.56 Å². The molecule has 0 radical (unpaired) electrons. The molecule has 2 aromatic carbocycles. The summed E-state index contributed by atoms with van der Waals surface area (Å²) in [7, 11) is 1.56. The summed E-state index contributed by atoms with van der Waals surface area (Å²) < 4.78 is 5.10. The second kappa shape index (κ2) is 7.66. The minimum absolute atomic E-state index is 0.0262. The highest BCUT2D eigenvalue weighted by molar-refractivity contribution is 7.99. The van der Waals surface area contributed by atoms with Crippen molar-refractivity contribution < 1.29 is 19.4 Å². The van der Waals surface area contributed by atoms with Gasteiger partial charge in [-0.1, -0.05) is 24.3 Å². The summed E-state index contributed by atoms with van der Waals surface area (Å²) in [5, 5.41) is 8.95. The SMILES string of the molecule is COc1cccc(C(=O)CSCc2cccc(C(=O)O)c2)c1. The van der Waals surface area contributed by atoms with Gasteiger partial charge in [-0.2, -0.15) is 0 Å². The van der Waals surface area contributed by atoms with E-state index < -0.39 is 5.97 Å². The Labute approximate surface area is 133 Å². The minimum atomic E-state index is -0.945. The topological polar surface area (TPSA) is 63.6 Å². The molecule has 22 heavy (non-hydrogen) atoms. The Bertz CT molecular complexity index is 682. The fourth-order valence-corrected chi connectivity index (χ4v) is 2.80. The Morgan fingerprint density at radius 2 is 1.82 bits per heavy atom. The Hall–Kier alpha value is -2.27. The molecule has 0 amide bonds. The molecular weight excluding hydrogens is 300 g/mol. The van der Waals surface area contributed by atoms with Gasteiger partial charge in [0.1, 0.15) is 5.75 Å². The van der Waals surface area contributed by atoms with Crippen LogP contribution in [0.4, 0.5) is 0 Å². The number of carboxylic acid groups (broad SMARTS) is 1. The zero-order valence-corrected chi connectivity index (χ0v) is 12.9. The predicted octanol–water partition coefficient (Wildman–Crippen LogP) is 3.51. The monoisotopic (exact) mass is 316 g/mol. The van der Waals surface area contributed by atoms with Gasteiger partial charge < -0.3 is 9.84 Å². The van der Waals surface area contributed by atoms with E-state index in [4.69, 9.17) is 9.84 Å². The van der Waals surface area contributed by atoms with Crippen LogP contribution in [-0.4, -0.2) is 29.7 Å². The van der Waals surface area contributed by atoms with Crippen molar-refractivity contribution in [1.82, 2.24) is 0 Å². The molecule has 0 heterocycles. The summed E-state index contributed by atoms with van der Waals surface area (Å²) in [6, 6.07) is 13.8. The molecule has 1 N–H and O–H groups in total. The van der Waals surface area contributed by atoms with Crippen LogP contribution in [0, 0.1) is 0 Å². The number of aromatic carboxylic acids is 1. The number of benzene rings is 2. The molecule has 0 aliphatic carbocycles. The first-order valence-electron chi connectivity index (χ1n) is 6.67. The molecule has 114 valence electrons. The van der Waals surface area contributed by atoms with Gasteiger partial charge in [-0.05, 0) is 29.8 Å². The summed E-state index contributed by atoms with van der Waals surface area (Å²) >= 11 is 1.46. The fraction of sp³-hybridized carbons (Fsp3) is 0.176. The number of carbonyl (C=O) groups excluding carboxylic acids is 1. The fourth-order valence-electron chi connectivity index (χ4n) is 1.94. The van der Waals surface area contributed by atoms with E-state index in [0.29, 0.717) is 22.8 Å². The van der Waals surface area contributed by atoms with Crippen molar-refractivity contribution in [2.24, 2.45) is 0 Å². The number of rotatable bonds is 7. The number of carbonyl (C=O) groups is 2. The summed E-state index contributed by atoms with van der Waals surface area (Å²) in [4.78, 5) is 23.0. The quantitative estimate of drug-likeness (QED) is 0.792. The zero-order chi connectivity index (χ0) is 15.9. The maximum absolute atomic E-state index is 12.1. The number of Topliss-reactive ketones (excluding diaryl/α,β-unsaturated/α-hetero) is 1. The molecule has 2 aromatic rings. The van der Waals surface area contributed by atoms with E-state index >= 15 is 0 Å². The highest BCUT2D eigenvalue weighted by Gasteiger charge is 2.08. The lowest BCUT2D eigenvalue weighted by Crippen LogP contribution is -2.03. The van der Waals surface area contributed by atoms with Gasteiger partial charge in [0.05, 0.1) is 18.4 Å². The molecule has 2 rings (SSSR count). The summed E-state index contributed by atoms with van der Waals surface area (Å²) in [5.41, 5.74) is 1.77. The van der Waals surface area contributed by atoms with Crippen LogP contribution in [0.3, 0.4) is 0 Å². The van der Waals surface area contributed by atoms with Crippen LogP contribution in [0.15, 0.2) is 48.5 Å². The maximum atomic E-state index is 12.1. The van der Waals surface area contributed by atoms with Crippen LogP contribution in [0.5, 0.6) is 5.75 Å². The van der Waals surface area contributed by atoms with E-state index in [1.54, 1.807) is 49.6 Å². The molecule has 0 fully saturated rings. The van der Waals surface area contributed by atoms with E-state index in [1.807, 2.05) is 6.07 Å². The number of ketones is 1. The third-order valence-electron chi connectivity index (χ3n) is 3.07. The Morgan fingerprint density at radius 1 is 1.09 bits per heavy atom. The average Bonchev–Trinajstić information content (AvgIpc) is 2.55. The van der Waals surface area contributed by atoms with Gasteiger partial charge in [-0.25, -0.2) is 4.79 Å². The normalized spacial score (nSPS) is 10.2. The number of thioether (sulfide) groups is 1. The molecule has 0 aliphatic heterocycles. The number of hydrogen-bond donors (Lipinski definition) is 1. The van der Waals surface area contributed by atoms with E-state index in [1.165, 1.54) is 11.8 Å². The molecule has 0 atom stereocenters. The molecular formula is C17H16O4S. The van der Waals surface area contributed by atoms with Crippen LogP contribution in [0.1, 0.15) is 26.3 Å². The van der Waals surface area contributed by atoms with Gasteiger partial charge in [0.2, 0.25) is 0 Å². The Balaban J connectivity index is 1.91. The van der Waals surface area contributed by atoms with E-state index in [-0.39, 0.29) is 11.3 Å². The lowest BCUT2D eigenvalue weighted by molar-refractivity contribution is 0.0696. The van der Waals surface area contributed by atoms with Gasteiger partial charge in [0.15, 0.2) is 5.78 Å². The van der Waals surface area contributed by atoms with Crippen molar-refractivity contribution in [3.63, 3.8) is 0 Å². The lowest BCUT2D eigenvalue weighted by Gasteiger charge is -2.05. The summed E-state index contributed by atoms with van der Waals surface area (Å²) in [6.45, 7) is 0. The van der Waals surface area contributed by atoms with E-state index in [2.05, 4.69) is 0 Å². The van der Waals surface area contributed by atoms with Gasteiger partial charge in [0, 0.05) is 11.3 Å². The smallest absolute Gasteiger partial charge is 0.335 e. The third kappa shape index (κ3) is 4.36. The standard InChI is InChI=1S/C17H16O4S/c1-21-15-7-3-5-13(9-15)16(18)11-22-10-12-4-2-6-14(8-12)17(19)20/h2-9H,10-11H2,1H3,(H,19,20). The number of hydrogen-bond acceptors (Lipinski definition) is 4. The third-order valence-corrected chi connectivity index (χ3v) is 4.07. The molecule has 0 aliphatic rings. The summed E-state index contributed by atoms with van der Waals surface area (Å²) in [5.74, 6) is 0.670. The molecule has 0 aromatic heterocycles. The second-order valence-corrected chi connectivity index (χ2v) is 5.64. The average molecular weight is 316 g/mol. The van der Waals surface area contributed by atoms with Gasteiger partial charge in [-0.3, -0.25) is 4.79 Å². The molecule has 0 unspecified atom stereocenters. The maximum Gasteiger partial charge on any atom is 0.335 e. The summed E-state index contributed by atoms with van der Waals surface area (Å²) in [6.07, 6.45) is 0. The minimum Gasteiger partial charge on any atom is -0.497 e. The van der Waals surface area contributed by atoms with Crippen LogP contribution in [0.2, 0.25) is 0 Å². The van der Waals surface area contributed by atoms with Crippen molar-refractivity contribution in [2.45, 2.75) is 5.75 Å². The van der Waals surface area contributed by atoms with Crippen molar-refractivity contribution >= 4 is 23.5 Å². The largest absolute Gasteiger partial charge is 0.497 e. The van der Waals surface area contributed by atoms with Crippen molar-refractivity contribution in [3.05, 3.63) is 65.2 Å². The molecule has 0 bridgehead atoms. The Morgan fingerprint density at radius 3 is 2.55 bits per heavy atom. The van der Waals surface area contributed by atoms with Gasteiger partial charge in [0.25, 0.3) is 0 Å². The number of ether oxygens (including phenoxy) is 1. The van der Waals surface area contributed by atoms with Crippen molar-refractivity contribution in [3.8, 4) is 5.75 Å². The lowest BCUT2D eigenvalue weighted by atomic mass is 10.1. The zero-order valence-electron chi connectivity index (χ0n) is 12.1. The first kappa shape index (κ1) is 16.1. The second-order valence-electron chi connectivity index (χ2n) is 4.65. The highest BCUT2D eigenvalue weighted by Crippen LogP contribution is 2.18. The molecule has 5 heteroatoms. The van der Waals surface area contributed by atoms with Crippen LogP contribution < -0.4 is 4.74 Å². The van der Waals surface area contributed by atoms with Crippen LogP contribution in [0.25, 0.3) is 0 Å². The number of carboxylic acids is 1. The van der Waals surface area contributed by atoms with Crippen LogP contribution >= 0.6 is 11.8 Å². The van der Waals surface area contributed by atoms with Crippen molar-refractivity contribution in [2.75, 3.05) is 12.9 Å². The molecule has 4 nitrogen and oxygen atoms in total. The number of methoxy groups -OCH3 is 1. The Kier molecular flexibility index (Phi) is 5.61. The van der Waals surface area contributed by atoms with Crippen LogP contribution in [-0.2, 0) is 5.75 Å². The highest BCUT2D eigenvalue weighted by atomic mass is 32.2. The predicted molar refractivity (Wildman–Crippen MR) is 86.9 cm³/mol.